The predicted molar refractivity (Wildman–Crippen MR) is 81.2 cm³/mol. The number of fused-ring (bicyclic) bond motifs is 1. The van der Waals surface area contributed by atoms with Crippen LogP contribution >= 0.6 is 0 Å². The van der Waals surface area contributed by atoms with Crippen LogP contribution in [0.2, 0.25) is 0 Å². The number of hydrogen-bond acceptors (Lipinski definition) is 6. The van der Waals surface area contributed by atoms with Crippen LogP contribution in [0.25, 0.3) is 5.65 Å². The van der Waals surface area contributed by atoms with Crippen LogP contribution < -0.4 is 4.90 Å². The van der Waals surface area contributed by atoms with E-state index in [4.69, 9.17) is 9.47 Å². The molecular formula is C15H21N5O2. The third-order valence-corrected chi connectivity index (χ3v) is 4.26. The maximum absolute atomic E-state index is 5.91. The van der Waals surface area contributed by atoms with Crippen LogP contribution in [0.4, 0.5) is 5.82 Å². The molecule has 2 atom stereocenters. The van der Waals surface area contributed by atoms with E-state index >= 15 is 0 Å². The van der Waals surface area contributed by atoms with Crippen LogP contribution in [0.1, 0.15) is 31.5 Å². The summed E-state index contributed by atoms with van der Waals surface area (Å²) >= 11 is 0. The molecule has 3 heterocycles. The zero-order valence-electron chi connectivity index (χ0n) is 13.0. The molecule has 1 aliphatic carbocycles. The molecule has 118 valence electrons. The fraction of sp³-hybridized carbons (Fsp3) is 0.667. The van der Waals surface area contributed by atoms with Gasteiger partial charge in [0, 0.05) is 38.5 Å². The van der Waals surface area contributed by atoms with Crippen LogP contribution in [0.5, 0.6) is 0 Å². The molecule has 0 spiro atoms. The van der Waals surface area contributed by atoms with Gasteiger partial charge in [0.05, 0.1) is 18.8 Å². The van der Waals surface area contributed by atoms with Gasteiger partial charge in [0.25, 0.3) is 0 Å². The van der Waals surface area contributed by atoms with Crippen molar-refractivity contribution in [3.63, 3.8) is 0 Å². The van der Waals surface area contributed by atoms with E-state index in [9.17, 15) is 0 Å². The lowest BCUT2D eigenvalue weighted by atomic mass is 10.2. The van der Waals surface area contributed by atoms with Gasteiger partial charge in [-0.25, -0.2) is 4.98 Å². The maximum Gasteiger partial charge on any atom is 0.203 e. The molecule has 22 heavy (non-hydrogen) atoms. The van der Waals surface area contributed by atoms with E-state index in [0.717, 1.165) is 30.4 Å². The first-order valence-corrected chi connectivity index (χ1v) is 7.85. The summed E-state index contributed by atoms with van der Waals surface area (Å²) in [6.45, 7) is 4.23. The largest absolute Gasteiger partial charge is 0.382 e. The molecule has 2 aromatic rings. The first-order valence-electron chi connectivity index (χ1n) is 7.85. The van der Waals surface area contributed by atoms with Crippen molar-refractivity contribution in [3.8, 4) is 0 Å². The average molecular weight is 303 g/mol. The van der Waals surface area contributed by atoms with Gasteiger partial charge in [-0.3, -0.25) is 4.40 Å². The Balaban J connectivity index is 1.67. The number of aromatic nitrogens is 4. The van der Waals surface area contributed by atoms with Crippen LogP contribution in [-0.4, -0.2) is 58.6 Å². The molecular weight excluding hydrogens is 282 g/mol. The minimum Gasteiger partial charge on any atom is -0.382 e. The zero-order chi connectivity index (χ0) is 15.1. The minimum atomic E-state index is 0.0571. The van der Waals surface area contributed by atoms with Crippen LogP contribution in [-0.2, 0) is 9.47 Å². The normalized spacial score (nSPS) is 25.8. The predicted octanol–water partition coefficient (Wildman–Crippen LogP) is 1.24. The summed E-state index contributed by atoms with van der Waals surface area (Å²) in [4.78, 5) is 6.79. The highest BCUT2D eigenvalue weighted by Gasteiger charge is 2.31. The maximum atomic E-state index is 5.91. The smallest absolute Gasteiger partial charge is 0.203 e. The van der Waals surface area contributed by atoms with Gasteiger partial charge in [0.1, 0.15) is 5.82 Å². The van der Waals surface area contributed by atoms with Gasteiger partial charge in [-0.2, -0.15) is 0 Å². The topological polar surface area (TPSA) is 64.8 Å². The van der Waals surface area contributed by atoms with Crippen LogP contribution in [0, 0.1) is 0 Å². The molecule has 2 aromatic heterocycles. The molecule has 7 nitrogen and oxygen atoms in total. The first-order chi connectivity index (χ1) is 10.8. The fourth-order valence-electron chi connectivity index (χ4n) is 3.17. The van der Waals surface area contributed by atoms with Crippen molar-refractivity contribution in [1.29, 1.82) is 0 Å². The molecule has 1 saturated carbocycles. The highest BCUT2D eigenvalue weighted by Crippen LogP contribution is 2.39. The van der Waals surface area contributed by atoms with E-state index in [0.29, 0.717) is 12.5 Å². The Bertz CT molecular complexity index is 669. The Hall–Kier alpha value is -1.73. The van der Waals surface area contributed by atoms with Crippen molar-refractivity contribution in [3.05, 3.63) is 18.2 Å². The lowest BCUT2D eigenvalue weighted by molar-refractivity contribution is -0.0512. The van der Waals surface area contributed by atoms with Crippen LogP contribution in [0.3, 0.4) is 0 Å². The van der Waals surface area contributed by atoms with Gasteiger partial charge in [0.2, 0.25) is 5.65 Å². The minimum absolute atomic E-state index is 0.0571. The Morgan fingerprint density at radius 2 is 2.18 bits per heavy atom. The number of methoxy groups -OCH3 is 1. The molecule has 0 N–H and O–H groups in total. The zero-order valence-corrected chi connectivity index (χ0v) is 13.0. The SMILES string of the molecule is COCC1CN(c2nccn3c(C4CC4)nnc23)CC(C)O1. The number of morpholine rings is 1. The number of rotatable bonds is 4. The Morgan fingerprint density at radius 3 is 2.95 bits per heavy atom. The Labute approximate surface area is 129 Å². The second-order valence-corrected chi connectivity index (χ2v) is 6.21. The molecule has 2 fully saturated rings. The molecule has 1 saturated heterocycles. The highest BCUT2D eigenvalue weighted by atomic mass is 16.5. The van der Waals surface area contributed by atoms with Gasteiger partial charge in [-0.05, 0) is 19.8 Å². The number of nitrogens with zero attached hydrogens (tertiary/aromatic N) is 5. The van der Waals surface area contributed by atoms with Crippen LogP contribution in [0.15, 0.2) is 12.4 Å². The summed E-state index contributed by atoms with van der Waals surface area (Å²) in [6, 6.07) is 0. The fourth-order valence-corrected chi connectivity index (χ4v) is 3.17. The summed E-state index contributed by atoms with van der Waals surface area (Å²) in [7, 11) is 1.70. The summed E-state index contributed by atoms with van der Waals surface area (Å²) in [5.41, 5.74) is 0.842. The van der Waals surface area contributed by atoms with E-state index in [1.165, 1.54) is 12.8 Å². The second-order valence-electron chi connectivity index (χ2n) is 6.21. The van der Waals surface area contributed by atoms with Crippen molar-refractivity contribution >= 4 is 11.5 Å². The quantitative estimate of drug-likeness (QED) is 0.847. The van der Waals surface area contributed by atoms with Crippen molar-refractivity contribution in [1.82, 2.24) is 19.6 Å². The van der Waals surface area contributed by atoms with E-state index in [1.807, 2.05) is 12.4 Å². The van der Waals surface area contributed by atoms with Gasteiger partial charge in [-0.1, -0.05) is 0 Å². The molecule has 4 rings (SSSR count). The standard InChI is InChI=1S/C15H21N5O2/c1-10-7-19(8-12(22-10)9-21-2)14-15-18-17-13(11-3-4-11)20(15)6-5-16-14/h5-6,10-12H,3-4,7-9H2,1-2H3. The average Bonchev–Trinajstić information content (AvgIpc) is 3.25. The van der Waals surface area contributed by atoms with Gasteiger partial charge in [0.15, 0.2) is 5.82 Å². The molecule has 0 radical (unpaired) electrons. The van der Waals surface area contributed by atoms with E-state index in [1.54, 1.807) is 7.11 Å². The third kappa shape index (κ3) is 2.44. The number of anilines is 1. The lowest BCUT2D eigenvalue weighted by Crippen LogP contribution is -2.48. The molecule has 0 aromatic carbocycles. The van der Waals surface area contributed by atoms with Gasteiger partial charge in [-0.15, -0.1) is 10.2 Å². The first kappa shape index (κ1) is 13.9. The number of ether oxygens (including phenoxy) is 2. The second kappa shape index (κ2) is 5.48. The Kier molecular flexibility index (Phi) is 3.46. The third-order valence-electron chi connectivity index (χ3n) is 4.26. The molecule has 1 aliphatic heterocycles. The van der Waals surface area contributed by atoms with Gasteiger partial charge < -0.3 is 14.4 Å². The van der Waals surface area contributed by atoms with Crippen molar-refractivity contribution < 1.29 is 9.47 Å². The van der Waals surface area contributed by atoms with Crippen molar-refractivity contribution in [2.24, 2.45) is 0 Å². The summed E-state index contributed by atoms with van der Waals surface area (Å²) in [6.07, 6.45) is 6.42. The number of hydrogen-bond donors (Lipinski definition) is 0. The summed E-state index contributed by atoms with van der Waals surface area (Å²) in [5, 5.41) is 8.77. The molecule has 2 aliphatic rings. The van der Waals surface area contributed by atoms with Crippen molar-refractivity contribution in [2.45, 2.75) is 37.9 Å². The Morgan fingerprint density at radius 1 is 1.32 bits per heavy atom. The van der Waals surface area contributed by atoms with E-state index < -0.39 is 0 Å². The van der Waals surface area contributed by atoms with Gasteiger partial charge >= 0.3 is 0 Å². The highest BCUT2D eigenvalue weighted by molar-refractivity contribution is 5.64. The monoisotopic (exact) mass is 303 g/mol. The van der Waals surface area contributed by atoms with Crippen molar-refractivity contribution in [2.75, 3.05) is 31.7 Å². The molecule has 0 amide bonds. The van der Waals surface area contributed by atoms with E-state index in [-0.39, 0.29) is 12.2 Å². The lowest BCUT2D eigenvalue weighted by Gasteiger charge is -2.37. The summed E-state index contributed by atoms with van der Waals surface area (Å²) < 4.78 is 13.2. The molecule has 0 bridgehead atoms. The molecule has 7 heteroatoms. The summed E-state index contributed by atoms with van der Waals surface area (Å²) in [5.74, 6) is 2.52. The molecule has 2 unspecified atom stereocenters. The van der Waals surface area contributed by atoms with E-state index in [2.05, 4.69) is 31.4 Å².